The molecule has 3 N–H and O–H groups in total. The molecule has 0 saturated carbocycles. The number of nitrogens with one attached hydrogen (secondary N) is 1. The Bertz CT molecular complexity index is 571. The number of ether oxygens (including phenoxy) is 1. The zero-order chi connectivity index (χ0) is 16.5. The number of nitrogens with zero attached hydrogens (tertiary/aromatic N) is 1. The van der Waals surface area contributed by atoms with Crippen LogP contribution in [0.15, 0.2) is 24.3 Å². The summed E-state index contributed by atoms with van der Waals surface area (Å²) in [5.41, 5.74) is 5.22. The van der Waals surface area contributed by atoms with Crippen LogP contribution in [-0.2, 0) is 10.3 Å². The van der Waals surface area contributed by atoms with Crippen molar-refractivity contribution in [3.8, 4) is 5.75 Å². The second-order valence-corrected chi connectivity index (χ2v) is 6.01. The van der Waals surface area contributed by atoms with Gasteiger partial charge in [0.1, 0.15) is 11.3 Å². The minimum absolute atomic E-state index is 0.0788. The van der Waals surface area contributed by atoms with Crippen LogP contribution in [0.4, 0.5) is 4.79 Å². The summed E-state index contributed by atoms with van der Waals surface area (Å²) in [6.45, 7) is 7.58. The standard InChI is InChI=1S/C16H23N3O3/c1-10(2)22-13-7-5-12(6-8-13)16(4)14(20)19(11(3)9-17)15(21)18-16/h5-8,10-11H,9,17H2,1-4H3,(H,18,21). The van der Waals surface area contributed by atoms with Crippen molar-refractivity contribution in [1.29, 1.82) is 0 Å². The topological polar surface area (TPSA) is 84.7 Å². The molecule has 2 atom stereocenters. The van der Waals surface area contributed by atoms with Crippen LogP contribution in [0.5, 0.6) is 5.75 Å². The molecule has 120 valence electrons. The van der Waals surface area contributed by atoms with Gasteiger partial charge in [0, 0.05) is 6.54 Å². The van der Waals surface area contributed by atoms with E-state index in [1.54, 1.807) is 38.1 Å². The van der Waals surface area contributed by atoms with Crippen molar-refractivity contribution in [1.82, 2.24) is 10.2 Å². The van der Waals surface area contributed by atoms with Crippen LogP contribution in [-0.4, -0.2) is 35.5 Å². The van der Waals surface area contributed by atoms with Gasteiger partial charge in [0.05, 0.1) is 12.1 Å². The first kappa shape index (κ1) is 16.3. The van der Waals surface area contributed by atoms with E-state index < -0.39 is 11.6 Å². The Kier molecular flexibility index (Phi) is 4.42. The van der Waals surface area contributed by atoms with E-state index in [1.807, 2.05) is 13.8 Å². The molecule has 2 unspecified atom stereocenters. The molecule has 1 aromatic rings. The van der Waals surface area contributed by atoms with Crippen LogP contribution in [0.1, 0.15) is 33.3 Å². The summed E-state index contributed by atoms with van der Waals surface area (Å²) < 4.78 is 5.59. The quantitative estimate of drug-likeness (QED) is 0.809. The summed E-state index contributed by atoms with van der Waals surface area (Å²) in [6.07, 6.45) is 0.0788. The van der Waals surface area contributed by atoms with E-state index in [9.17, 15) is 9.59 Å². The van der Waals surface area contributed by atoms with Crippen LogP contribution < -0.4 is 15.8 Å². The summed E-state index contributed by atoms with van der Waals surface area (Å²) >= 11 is 0. The molecule has 1 saturated heterocycles. The summed E-state index contributed by atoms with van der Waals surface area (Å²) in [6, 6.07) is 6.45. The third kappa shape index (κ3) is 2.78. The minimum Gasteiger partial charge on any atom is -0.491 e. The monoisotopic (exact) mass is 305 g/mol. The van der Waals surface area contributed by atoms with Gasteiger partial charge in [-0.3, -0.25) is 9.69 Å². The molecular weight excluding hydrogens is 282 g/mol. The van der Waals surface area contributed by atoms with Crippen molar-refractivity contribution in [2.75, 3.05) is 6.54 Å². The Hall–Kier alpha value is -2.08. The highest BCUT2D eigenvalue weighted by Gasteiger charge is 2.50. The smallest absolute Gasteiger partial charge is 0.325 e. The number of amides is 3. The number of carbonyl (C=O) groups excluding carboxylic acids is 2. The lowest BCUT2D eigenvalue weighted by Crippen LogP contribution is -2.45. The molecular formula is C16H23N3O3. The van der Waals surface area contributed by atoms with Crippen molar-refractivity contribution < 1.29 is 14.3 Å². The fraction of sp³-hybridized carbons (Fsp3) is 0.500. The molecule has 0 aromatic heterocycles. The molecule has 2 rings (SSSR count). The lowest BCUT2D eigenvalue weighted by atomic mass is 9.92. The lowest BCUT2D eigenvalue weighted by molar-refractivity contribution is -0.132. The number of imide groups is 1. The molecule has 22 heavy (non-hydrogen) atoms. The number of nitrogens with two attached hydrogens (primary N) is 1. The van der Waals surface area contributed by atoms with Gasteiger partial charge in [-0.1, -0.05) is 12.1 Å². The Morgan fingerprint density at radius 3 is 2.32 bits per heavy atom. The normalized spacial score (nSPS) is 22.9. The van der Waals surface area contributed by atoms with Crippen molar-refractivity contribution in [3.63, 3.8) is 0 Å². The molecule has 6 heteroatoms. The Morgan fingerprint density at radius 2 is 1.82 bits per heavy atom. The zero-order valence-corrected chi connectivity index (χ0v) is 13.4. The van der Waals surface area contributed by atoms with Crippen LogP contribution in [0.2, 0.25) is 0 Å². The van der Waals surface area contributed by atoms with E-state index in [1.165, 1.54) is 4.90 Å². The van der Waals surface area contributed by atoms with Crippen molar-refractivity contribution in [2.24, 2.45) is 5.73 Å². The number of urea groups is 1. The average Bonchev–Trinajstić information content (AvgIpc) is 2.69. The number of hydrogen-bond donors (Lipinski definition) is 2. The molecule has 3 amide bonds. The summed E-state index contributed by atoms with van der Waals surface area (Å²) in [4.78, 5) is 26.0. The molecule has 0 radical (unpaired) electrons. The SMILES string of the molecule is CC(C)Oc1ccc(C2(C)NC(=O)N(C(C)CN)C2=O)cc1. The van der Waals surface area contributed by atoms with E-state index in [0.717, 1.165) is 5.75 Å². The Labute approximate surface area is 130 Å². The van der Waals surface area contributed by atoms with Crippen LogP contribution in [0.25, 0.3) is 0 Å². The maximum Gasteiger partial charge on any atom is 0.325 e. The zero-order valence-electron chi connectivity index (χ0n) is 13.4. The first-order valence-corrected chi connectivity index (χ1v) is 7.42. The van der Waals surface area contributed by atoms with Gasteiger partial charge in [0.25, 0.3) is 5.91 Å². The molecule has 1 heterocycles. The van der Waals surface area contributed by atoms with Gasteiger partial charge in [-0.15, -0.1) is 0 Å². The van der Waals surface area contributed by atoms with Gasteiger partial charge in [-0.2, -0.15) is 0 Å². The molecule has 0 bridgehead atoms. The molecule has 0 spiro atoms. The summed E-state index contributed by atoms with van der Waals surface area (Å²) in [5, 5.41) is 2.76. The van der Waals surface area contributed by atoms with Crippen LogP contribution in [0.3, 0.4) is 0 Å². The number of carbonyl (C=O) groups is 2. The molecule has 1 fully saturated rings. The van der Waals surface area contributed by atoms with Gasteiger partial charge in [0.15, 0.2) is 0 Å². The first-order valence-electron chi connectivity index (χ1n) is 7.42. The van der Waals surface area contributed by atoms with Crippen molar-refractivity contribution in [3.05, 3.63) is 29.8 Å². The maximum atomic E-state index is 12.7. The van der Waals surface area contributed by atoms with Gasteiger partial charge in [-0.25, -0.2) is 4.79 Å². The highest BCUT2D eigenvalue weighted by molar-refractivity contribution is 6.07. The number of hydrogen-bond acceptors (Lipinski definition) is 4. The molecule has 6 nitrogen and oxygen atoms in total. The predicted molar refractivity (Wildman–Crippen MR) is 83.5 cm³/mol. The predicted octanol–water partition coefficient (Wildman–Crippen LogP) is 1.59. The largest absolute Gasteiger partial charge is 0.491 e. The number of benzene rings is 1. The highest BCUT2D eigenvalue weighted by Crippen LogP contribution is 2.31. The Balaban J connectivity index is 2.27. The van der Waals surface area contributed by atoms with E-state index in [-0.39, 0.29) is 24.6 Å². The van der Waals surface area contributed by atoms with Crippen molar-refractivity contribution in [2.45, 2.75) is 45.4 Å². The van der Waals surface area contributed by atoms with Gasteiger partial charge in [0.2, 0.25) is 0 Å². The van der Waals surface area contributed by atoms with E-state index in [4.69, 9.17) is 10.5 Å². The Morgan fingerprint density at radius 1 is 1.23 bits per heavy atom. The van der Waals surface area contributed by atoms with E-state index in [2.05, 4.69) is 5.32 Å². The molecule has 1 aliphatic rings. The van der Waals surface area contributed by atoms with Gasteiger partial charge < -0.3 is 15.8 Å². The second-order valence-electron chi connectivity index (χ2n) is 6.01. The van der Waals surface area contributed by atoms with Gasteiger partial charge in [-0.05, 0) is 45.4 Å². The third-order valence-electron chi connectivity index (χ3n) is 3.81. The number of rotatable bonds is 5. The molecule has 1 aliphatic heterocycles. The van der Waals surface area contributed by atoms with E-state index >= 15 is 0 Å². The molecule has 0 aliphatic carbocycles. The van der Waals surface area contributed by atoms with E-state index in [0.29, 0.717) is 5.56 Å². The first-order chi connectivity index (χ1) is 10.3. The fourth-order valence-electron chi connectivity index (χ4n) is 2.50. The average molecular weight is 305 g/mol. The third-order valence-corrected chi connectivity index (χ3v) is 3.81. The van der Waals surface area contributed by atoms with Gasteiger partial charge >= 0.3 is 6.03 Å². The van der Waals surface area contributed by atoms with Crippen LogP contribution >= 0.6 is 0 Å². The minimum atomic E-state index is -1.07. The summed E-state index contributed by atoms with van der Waals surface area (Å²) in [7, 11) is 0. The van der Waals surface area contributed by atoms with Crippen molar-refractivity contribution >= 4 is 11.9 Å². The van der Waals surface area contributed by atoms with Crippen LogP contribution in [0, 0.1) is 0 Å². The second kappa shape index (κ2) is 5.96. The fourth-order valence-corrected chi connectivity index (χ4v) is 2.50. The maximum absolute atomic E-state index is 12.7. The highest BCUT2D eigenvalue weighted by atomic mass is 16.5. The lowest BCUT2D eigenvalue weighted by Gasteiger charge is -2.24. The molecule has 1 aromatic carbocycles. The summed E-state index contributed by atoms with van der Waals surface area (Å²) in [5.74, 6) is 0.444.